The summed E-state index contributed by atoms with van der Waals surface area (Å²) in [5.41, 5.74) is 6.04. The largest absolute Gasteiger partial charge is 0.327 e. The van der Waals surface area contributed by atoms with Crippen LogP contribution in [0.5, 0.6) is 0 Å². The van der Waals surface area contributed by atoms with Gasteiger partial charge in [0.05, 0.1) is 0 Å². The number of rotatable bonds is 4. The second-order valence-corrected chi connectivity index (χ2v) is 4.44. The van der Waals surface area contributed by atoms with Gasteiger partial charge in [0.2, 0.25) is 0 Å². The first-order valence-electron chi connectivity index (χ1n) is 5.37. The third kappa shape index (κ3) is 4.60. The van der Waals surface area contributed by atoms with Gasteiger partial charge >= 0.3 is 0 Å². The summed E-state index contributed by atoms with van der Waals surface area (Å²) in [4.78, 5) is 2.46. The first-order chi connectivity index (χ1) is 6.18. The van der Waals surface area contributed by atoms with Gasteiger partial charge in [-0.3, -0.25) is 4.90 Å². The lowest BCUT2D eigenvalue weighted by Gasteiger charge is -2.30. The molecule has 0 bridgehead atoms. The summed E-state index contributed by atoms with van der Waals surface area (Å²) < 4.78 is 0. The summed E-state index contributed by atoms with van der Waals surface area (Å²) in [5, 5.41) is 3.35. The molecule has 1 unspecified atom stereocenters. The quantitative estimate of drug-likeness (QED) is 0.660. The molecule has 0 aromatic rings. The van der Waals surface area contributed by atoms with E-state index in [1.165, 1.54) is 0 Å². The molecule has 1 atom stereocenters. The van der Waals surface area contributed by atoms with Crippen molar-refractivity contribution < 1.29 is 0 Å². The van der Waals surface area contributed by atoms with Crippen LogP contribution in [-0.2, 0) is 0 Å². The molecule has 0 aromatic carbocycles. The second-order valence-electron chi connectivity index (χ2n) is 4.44. The highest BCUT2D eigenvalue weighted by Crippen LogP contribution is 2.04. The van der Waals surface area contributed by atoms with Crippen molar-refractivity contribution in [3.8, 4) is 0 Å². The Hall–Kier alpha value is -0.120. The van der Waals surface area contributed by atoms with E-state index in [0.29, 0.717) is 6.04 Å². The van der Waals surface area contributed by atoms with Crippen LogP contribution in [0.4, 0.5) is 0 Å². The molecular formula is C10H23N3. The van der Waals surface area contributed by atoms with E-state index in [0.717, 1.165) is 45.1 Å². The summed E-state index contributed by atoms with van der Waals surface area (Å²) in [6.07, 6.45) is 1.14. The number of nitrogens with one attached hydrogen (secondary N) is 1. The standard InChI is InChI=1S/C10H23N3/c1-9(2)7-10(11)8-13-5-3-12-4-6-13/h9-10,12H,3-8,11H2,1-2H3. The Balaban J connectivity index is 2.14. The molecule has 0 saturated carbocycles. The van der Waals surface area contributed by atoms with E-state index < -0.39 is 0 Å². The number of nitrogens with zero attached hydrogens (tertiary/aromatic N) is 1. The van der Waals surface area contributed by atoms with Crippen LogP contribution < -0.4 is 11.1 Å². The molecule has 1 heterocycles. The molecule has 0 aliphatic carbocycles. The van der Waals surface area contributed by atoms with Crippen molar-refractivity contribution in [3.63, 3.8) is 0 Å². The van der Waals surface area contributed by atoms with Gasteiger partial charge in [-0.2, -0.15) is 0 Å². The van der Waals surface area contributed by atoms with Crippen LogP contribution in [0.25, 0.3) is 0 Å². The highest BCUT2D eigenvalue weighted by atomic mass is 15.2. The lowest BCUT2D eigenvalue weighted by molar-refractivity contribution is 0.219. The zero-order valence-corrected chi connectivity index (χ0v) is 8.92. The maximum Gasteiger partial charge on any atom is 0.0170 e. The maximum atomic E-state index is 6.04. The summed E-state index contributed by atoms with van der Waals surface area (Å²) in [5.74, 6) is 0.720. The highest BCUT2D eigenvalue weighted by molar-refractivity contribution is 4.73. The van der Waals surface area contributed by atoms with Crippen molar-refractivity contribution in [1.29, 1.82) is 0 Å². The summed E-state index contributed by atoms with van der Waals surface area (Å²) in [7, 11) is 0. The minimum atomic E-state index is 0.359. The van der Waals surface area contributed by atoms with Crippen LogP contribution in [0.1, 0.15) is 20.3 Å². The van der Waals surface area contributed by atoms with Gasteiger partial charge in [-0.15, -0.1) is 0 Å². The molecule has 78 valence electrons. The first kappa shape index (κ1) is 11.0. The molecule has 0 amide bonds. The van der Waals surface area contributed by atoms with Crippen molar-refractivity contribution in [2.45, 2.75) is 26.3 Å². The molecule has 1 fully saturated rings. The van der Waals surface area contributed by atoms with Gasteiger partial charge in [-0.1, -0.05) is 13.8 Å². The maximum absolute atomic E-state index is 6.04. The lowest BCUT2D eigenvalue weighted by atomic mass is 10.0. The molecule has 13 heavy (non-hydrogen) atoms. The average molecular weight is 185 g/mol. The van der Waals surface area contributed by atoms with Gasteiger partial charge < -0.3 is 11.1 Å². The van der Waals surface area contributed by atoms with Gasteiger partial charge in [-0.25, -0.2) is 0 Å². The van der Waals surface area contributed by atoms with E-state index in [9.17, 15) is 0 Å². The Bertz CT molecular complexity index is 130. The molecule has 0 radical (unpaired) electrons. The van der Waals surface area contributed by atoms with Crippen LogP contribution in [0.15, 0.2) is 0 Å². The fourth-order valence-electron chi connectivity index (χ4n) is 1.91. The molecule has 1 rings (SSSR count). The number of piperazine rings is 1. The van der Waals surface area contributed by atoms with Crippen LogP contribution >= 0.6 is 0 Å². The zero-order chi connectivity index (χ0) is 9.68. The Kier molecular flexibility index (Phi) is 4.70. The van der Waals surface area contributed by atoms with Crippen molar-refractivity contribution in [2.24, 2.45) is 11.7 Å². The van der Waals surface area contributed by atoms with E-state index in [4.69, 9.17) is 5.73 Å². The van der Waals surface area contributed by atoms with Crippen LogP contribution in [-0.4, -0.2) is 43.7 Å². The van der Waals surface area contributed by atoms with E-state index >= 15 is 0 Å². The normalized spacial score (nSPS) is 22.2. The smallest absolute Gasteiger partial charge is 0.0170 e. The topological polar surface area (TPSA) is 41.3 Å². The SMILES string of the molecule is CC(C)CC(N)CN1CCNCC1. The second kappa shape index (κ2) is 5.58. The monoisotopic (exact) mass is 185 g/mol. The molecule has 1 aliphatic rings. The predicted molar refractivity (Wildman–Crippen MR) is 56.7 cm³/mol. The molecule has 0 spiro atoms. The molecule has 1 saturated heterocycles. The third-order valence-electron chi connectivity index (χ3n) is 2.48. The summed E-state index contributed by atoms with van der Waals surface area (Å²) in [6.45, 7) is 10.1. The minimum absolute atomic E-state index is 0.359. The highest BCUT2D eigenvalue weighted by Gasteiger charge is 2.13. The Morgan fingerprint density at radius 3 is 2.46 bits per heavy atom. The van der Waals surface area contributed by atoms with Crippen molar-refractivity contribution >= 4 is 0 Å². The fraction of sp³-hybridized carbons (Fsp3) is 1.00. The van der Waals surface area contributed by atoms with Gasteiger partial charge in [0, 0.05) is 38.8 Å². The molecule has 0 aromatic heterocycles. The number of hydrogen-bond donors (Lipinski definition) is 2. The Morgan fingerprint density at radius 1 is 1.31 bits per heavy atom. The van der Waals surface area contributed by atoms with E-state index in [1.54, 1.807) is 0 Å². The minimum Gasteiger partial charge on any atom is -0.327 e. The van der Waals surface area contributed by atoms with Crippen LogP contribution in [0.3, 0.4) is 0 Å². The van der Waals surface area contributed by atoms with Gasteiger partial charge in [-0.05, 0) is 12.3 Å². The molecule has 3 N–H and O–H groups in total. The molecule has 3 nitrogen and oxygen atoms in total. The molecule has 1 aliphatic heterocycles. The fourth-order valence-corrected chi connectivity index (χ4v) is 1.91. The van der Waals surface area contributed by atoms with Crippen molar-refractivity contribution in [3.05, 3.63) is 0 Å². The van der Waals surface area contributed by atoms with Crippen LogP contribution in [0, 0.1) is 5.92 Å². The van der Waals surface area contributed by atoms with Crippen LogP contribution in [0.2, 0.25) is 0 Å². The third-order valence-corrected chi connectivity index (χ3v) is 2.48. The lowest BCUT2D eigenvalue weighted by Crippen LogP contribution is -2.48. The Morgan fingerprint density at radius 2 is 1.92 bits per heavy atom. The van der Waals surface area contributed by atoms with Crippen molar-refractivity contribution in [2.75, 3.05) is 32.7 Å². The van der Waals surface area contributed by atoms with Gasteiger partial charge in [0.25, 0.3) is 0 Å². The molecular weight excluding hydrogens is 162 g/mol. The van der Waals surface area contributed by atoms with Crippen molar-refractivity contribution in [1.82, 2.24) is 10.2 Å². The predicted octanol–water partition coefficient (Wildman–Crippen LogP) is 0.265. The average Bonchev–Trinajstić information content (AvgIpc) is 2.04. The van der Waals surface area contributed by atoms with E-state index in [1.807, 2.05) is 0 Å². The summed E-state index contributed by atoms with van der Waals surface area (Å²) >= 11 is 0. The van der Waals surface area contributed by atoms with E-state index in [2.05, 4.69) is 24.1 Å². The molecule has 3 heteroatoms. The number of nitrogens with two attached hydrogens (primary N) is 1. The van der Waals surface area contributed by atoms with Gasteiger partial charge in [0.15, 0.2) is 0 Å². The first-order valence-corrected chi connectivity index (χ1v) is 5.37. The van der Waals surface area contributed by atoms with E-state index in [-0.39, 0.29) is 0 Å². The Labute approximate surface area is 81.7 Å². The summed E-state index contributed by atoms with van der Waals surface area (Å²) in [6, 6.07) is 0.359. The zero-order valence-electron chi connectivity index (χ0n) is 8.92. The van der Waals surface area contributed by atoms with Gasteiger partial charge in [0.1, 0.15) is 0 Å². The number of hydrogen-bond acceptors (Lipinski definition) is 3.